The van der Waals surface area contributed by atoms with Gasteiger partial charge in [0.2, 0.25) is 0 Å². The lowest BCUT2D eigenvalue weighted by molar-refractivity contribution is 0.593. The highest BCUT2D eigenvalue weighted by Gasteiger charge is 2.56. The molecular formula is C17H19NO2S. The molecule has 110 valence electrons. The Morgan fingerprint density at radius 2 is 1.33 bits per heavy atom. The van der Waals surface area contributed by atoms with Gasteiger partial charge in [0.1, 0.15) is 0 Å². The largest absolute Gasteiger partial charge is 0.326 e. The molecule has 0 bridgehead atoms. The van der Waals surface area contributed by atoms with Crippen LogP contribution < -0.4 is 5.73 Å². The number of hydrogen-bond donors (Lipinski definition) is 1. The van der Waals surface area contributed by atoms with Crippen LogP contribution in [0.2, 0.25) is 0 Å². The molecule has 4 heteroatoms. The molecule has 0 heterocycles. The molecule has 3 atom stereocenters. The van der Waals surface area contributed by atoms with Crippen molar-refractivity contribution in [2.45, 2.75) is 36.0 Å². The Morgan fingerprint density at radius 1 is 0.857 bits per heavy atom. The van der Waals surface area contributed by atoms with E-state index in [1.807, 2.05) is 50.2 Å². The molecule has 1 aliphatic carbocycles. The Bertz CT molecular complexity index is 748. The van der Waals surface area contributed by atoms with Crippen molar-refractivity contribution < 1.29 is 8.42 Å². The van der Waals surface area contributed by atoms with Gasteiger partial charge in [0.25, 0.3) is 0 Å². The van der Waals surface area contributed by atoms with Crippen LogP contribution >= 0.6 is 0 Å². The first kappa shape index (κ1) is 14.3. The molecule has 1 aliphatic rings. The summed E-state index contributed by atoms with van der Waals surface area (Å²) in [6.45, 7) is 3.95. The Labute approximate surface area is 125 Å². The summed E-state index contributed by atoms with van der Waals surface area (Å²) in [5.41, 5.74) is 9.27. The summed E-state index contributed by atoms with van der Waals surface area (Å²) in [7, 11) is -3.36. The van der Waals surface area contributed by atoms with Crippen molar-refractivity contribution in [2.75, 3.05) is 0 Å². The van der Waals surface area contributed by atoms with Crippen molar-refractivity contribution >= 4 is 9.84 Å². The first-order valence-corrected chi connectivity index (χ1v) is 8.58. The molecule has 0 radical (unpaired) electrons. The normalized spacial score (nSPS) is 24.8. The highest BCUT2D eigenvalue weighted by Crippen LogP contribution is 2.47. The lowest BCUT2D eigenvalue weighted by atomic mass is 10.1. The Kier molecular flexibility index (Phi) is 3.38. The van der Waals surface area contributed by atoms with E-state index in [1.165, 1.54) is 0 Å². The number of hydrogen-bond acceptors (Lipinski definition) is 3. The molecule has 2 aromatic rings. The quantitative estimate of drug-likeness (QED) is 0.948. The molecule has 1 fully saturated rings. The molecule has 21 heavy (non-hydrogen) atoms. The van der Waals surface area contributed by atoms with Crippen LogP contribution in [0.1, 0.15) is 22.6 Å². The highest BCUT2D eigenvalue weighted by atomic mass is 32.2. The predicted molar refractivity (Wildman–Crippen MR) is 84.0 cm³/mol. The molecule has 2 N–H and O–H groups in total. The van der Waals surface area contributed by atoms with E-state index >= 15 is 0 Å². The van der Waals surface area contributed by atoms with Gasteiger partial charge in [-0.2, -0.15) is 0 Å². The molecule has 0 saturated heterocycles. The zero-order valence-electron chi connectivity index (χ0n) is 12.2. The van der Waals surface area contributed by atoms with E-state index in [9.17, 15) is 8.42 Å². The number of sulfone groups is 1. The van der Waals surface area contributed by atoms with E-state index in [0.29, 0.717) is 4.90 Å². The third-order valence-electron chi connectivity index (χ3n) is 4.18. The molecule has 0 spiro atoms. The highest BCUT2D eigenvalue weighted by molar-refractivity contribution is 7.92. The second-order valence-corrected chi connectivity index (χ2v) is 7.94. The molecule has 1 saturated carbocycles. The van der Waals surface area contributed by atoms with Gasteiger partial charge in [-0.15, -0.1) is 0 Å². The fourth-order valence-electron chi connectivity index (χ4n) is 2.79. The van der Waals surface area contributed by atoms with Gasteiger partial charge in [0.05, 0.1) is 10.1 Å². The standard InChI is InChI=1S/C17H19NO2S/c1-11-3-7-13(8-4-11)15-16(18)17(15)21(19,20)14-9-5-12(2)6-10-14/h3-10,15-17H,18H2,1-2H3/t15-,16+,17+/m0/s1. The molecule has 0 aliphatic heterocycles. The maximum Gasteiger partial charge on any atom is 0.183 e. The van der Waals surface area contributed by atoms with Crippen LogP contribution in [0.3, 0.4) is 0 Å². The van der Waals surface area contributed by atoms with Crippen LogP contribution in [0.4, 0.5) is 0 Å². The van der Waals surface area contributed by atoms with Crippen LogP contribution in [0, 0.1) is 13.8 Å². The summed E-state index contributed by atoms with van der Waals surface area (Å²) in [6, 6.07) is 14.6. The van der Waals surface area contributed by atoms with Gasteiger partial charge in [-0.3, -0.25) is 0 Å². The van der Waals surface area contributed by atoms with E-state index in [0.717, 1.165) is 16.7 Å². The second-order valence-electron chi connectivity index (χ2n) is 5.84. The van der Waals surface area contributed by atoms with E-state index in [4.69, 9.17) is 5.73 Å². The van der Waals surface area contributed by atoms with Gasteiger partial charge in [-0.05, 0) is 31.5 Å². The molecule has 0 amide bonds. The lowest BCUT2D eigenvalue weighted by Crippen LogP contribution is -2.15. The van der Waals surface area contributed by atoms with Gasteiger partial charge in [0.15, 0.2) is 9.84 Å². The van der Waals surface area contributed by atoms with Crippen molar-refractivity contribution in [2.24, 2.45) is 5.73 Å². The monoisotopic (exact) mass is 301 g/mol. The summed E-state index contributed by atoms with van der Waals surface area (Å²) in [5, 5.41) is -0.511. The van der Waals surface area contributed by atoms with Crippen molar-refractivity contribution in [3.63, 3.8) is 0 Å². The van der Waals surface area contributed by atoms with E-state index in [1.54, 1.807) is 12.1 Å². The van der Waals surface area contributed by atoms with Crippen molar-refractivity contribution in [3.05, 3.63) is 65.2 Å². The molecule has 2 aromatic carbocycles. The third kappa shape index (κ3) is 2.49. The molecular weight excluding hydrogens is 282 g/mol. The van der Waals surface area contributed by atoms with Gasteiger partial charge in [-0.25, -0.2) is 8.42 Å². The number of nitrogens with two attached hydrogens (primary N) is 1. The zero-order valence-corrected chi connectivity index (χ0v) is 13.0. The maximum atomic E-state index is 12.7. The van der Waals surface area contributed by atoms with Crippen LogP contribution in [-0.2, 0) is 9.84 Å². The van der Waals surface area contributed by atoms with Crippen LogP contribution in [-0.4, -0.2) is 19.7 Å². The second kappa shape index (κ2) is 4.97. The molecule has 0 unspecified atom stereocenters. The van der Waals surface area contributed by atoms with Gasteiger partial charge < -0.3 is 5.73 Å². The molecule has 3 rings (SSSR count). The summed E-state index contributed by atoms with van der Waals surface area (Å²) < 4.78 is 25.4. The van der Waals surface area contributed by atoms with Crippen molar-refractivity contribution in [1.82, 2.24) is 0 Å². The number of aryl methyl sites for hydroxylation is 2. The fraction of sp³-hybridized carbons (Fsp3) is 0.294. The minimum atomic E-state index is -3.36. The Hall–Kier alpha value is -1.65. The minimum absolute atomic E-state index is 0.100. The Morgan fingerprint density at radius 3 is 1.86 bits per heavy atom. The minimum Gasteiger partial charge on any atom is -0.326 e. The number of benzene rings is 2. The van der Waals surface area contributed by atoms with Gasteiger partial charge in [0, 0.05) is 12.0 Å². The first-order valence-electron chi connectivity index (χ1n) is 7.04. The average Bonchev–Trinajstić information content (AvgIpc) is 3.12. The van der Waals surface area contributed by atoms with E-state index in [2.05, 4.69) is 0 Å². The summed E-state index contributed by atoms with van der Waals surface area (Å²) in [5.74, 6) is -0.100. The predicted octanol–water partition coefficient (Wildman–Crippen LogP) is 2.57. The topological polar surface area (TPSA) is 60.2 Å². The van der Waals surface area contributed by atoms with Gasteiger partial charge >= 0.3 is 0 Å². The first-order chi connectivity index (χ1) is 9.91. The average molecular weight is 301 g/mol. The Balaban J connectivity index is 1.91. The molecule has 3 nitrogen and oxygen atoms in total. The van der Waals surface area contributed by atoms with Gasteiger partial charge in [-0.1, -0.05) is 47.5 Å². The van der Waals surface area contributed by atoms with Crippen molar-refractivity contribution in [1.29, 1.82) is 0 Å². The summed E-state index contributed by atoms with van der Waals surface area (Å²) >= 11 is 0. The smallest absolute Gasteiger partial charge is 0.183 e. The SMILES string of the molecule is Cc1ccc([C@H]2[C@@H](N)[C@@H]2S(=O)(=O)c2ccc(C)cc2)cc1. The van der Waals surface area contributed by atoms with Crippen molar-refractivity contribution in [3.8, 4) is 0 Å². The van der Waals surface area contributed by atoms with Crippen LogP contribution in [0.25, 0.3) is 0 Å². The zero-order chi connectivity index (χ0) is 15.2. The lowest BCUT2D eigenvalue weighted by Gasteiger charge is -2.05. The summed E-state index contributed by atoms with van der Waals surface area (Å²) in [4.78, 5) is 0.364. The van der Waals surface area contributed by atoms with E-state index in [-0.39, 0.29) is 12.0 Å². The fourth-order valence-corrected chi connectivity index (χ4v) is 4.84. The van der Waals surface area contributed by atoms with Crippen LogP contribution in [0.15, 0.2) is 53.4 Å². The third-order valence-corrected chi connectivity index (χ3v) is 6.43. The summed E-state index contributed by atoms with van der Waals surface area (Å²) in [6.07, 6.45) is 0. The van der Waals surface area contributed by atoms with Crippen LogP contribution in [0.5, 0.6) is 0 Å². The maximum absolute atomic E-state index is 12.7. The number of rotatable bonds is 3. The molecule has 0 aromatic heterocycles. The van der Waals surface area contributed by atoms with E-state index < -0.39 is 15.1 Å².